The number of nitrogens with zero attached hydrogens (tertiary/aromatic N) is 3. The van der Waals surface area contributed by atoms with Crippen LogP contribution >= 0.6 is 15.9 Å². The topological polar surface area (TPSA) is 76.7 Å². The van der Waals surface area contributed by atoms with Gasteiger partial charge in [-0.2, -0.15) is 5.10 Å². The van der Waals surface area contributed by atoms with Crippen LogP contribution in [0, 0.1) is 6.92 Å². The summed E-state index contributed by atoms with van der Waals surface area (Å²) < 4.78 is 8.05. The smallest absolute Gasteiger partial charge is 0.335 e. The molecule has 0 saturated heterocycles. The molecular weight excluding hydrogens is 338 g/mol. The minimum absolute atomic E-state index is 0.143. The van der Waals surface area contributed by atoms with Gasteiger partial charge in [0, 0.05) is 12.4 Å². The first kappa shape index (κ1) is 13.6. The molecule has 0 saturated carbocycles. The highest BCUT2D eigenvalue weighted by Gasteiger charge is 2.12. The van der Waals surface area contributed by atoms with Crippen LogP contribution in [0.5, 0.6) is 11.6 Å². The summed E-state index contributed by atoms with van der Waals surface area (Å²) in [5, 5.41) is 13.3. The molecule has 106 valence electrons. The van der Waals surface area contributed by atoms with Gasteiger partial charge in [0.1, 0.15) is 11.3 Å². The van der Waals surface area contributed by atoms with Crippen LogP contribution in [0.1, 0.15) is 16.1 Å². The second kappa shape index (κ2) is 5.17. The number of aromatic carboxylic acids is 1. The van der Waals surface area contributed by atoms with Crippen molar-refractivity contribution in [3.05, 3.63) is 52.4 Å². The average Bonchev–Trinajstić information content (AvgIpc) is 2.82. The Morgan fingerprint density at radius 3 is 2.95 bits per heavy atom. The zero-order valence-electron chi connectivity index (χ0n) is 10.9. The molecule has 6 nitrogen and oxygen atoms in total. The van der Waals surface area contributed by atoms with Gasteiger partial charge >= 0.3 is 5.97 Å². The third-order valence-corrected chi connectivity index (χ3v) is 3.52. The molecule has 0 spiro atoms. The summed E-state index contributed by atoms with van der Waals surface area (Å²) in [5.41, 5.74) is 1.69. The molecule has 2 heterocycles. The normalized spacial score (nSPS) is 10.8. The molecular formula is C14H10BrN3O3. The average molecular weight is 348 g/mol. The second-order valence-electron chi connectivity index (χ2n) is 4.40. The van der Waals surface area contributed by atoms with Gasteiger partial charge in [0.25, 0.3) is 0 Å². The second-order valence-corrected chi connectivity index (χ2v) is 5.25. The van der Waals surface area contributed by atoms with Gasteiger partial charge in [-0.25, -0.2) is 14.3 Å². The van der Waals surface area contributed by atoms with Crippen molar-refractivity contribution in [2.24, 2.45) is 0 Å². The Hall–Kier alpha value is -2.41. The van der Waals surface area contributed by atoms with E-state index in [1.54, 1.807) is 23.0 Å². The zero-order chi connectivity index (χ0) is 15.0. The zero-order valence-corrected chi connectivity index (χ0v) is 12.5. The molecule has 21 heavy (non-hydrogen) atoms. The molecule has 2 aromatic heterocycles. The molecule has 1 N–H and O–H groups in total. The highest BCUT2D eigenvalue weighted by molar-refractivity contribution is 9.10. The summed E-state index contributed by atoms with van der Waals surface area (Å²) >= 11 is 3.34. The molecule has 0 radical (unpaired) electrons. The fourth-order valence-corrected chi connectivity index (χ4v) is 2.25. The maximum Gasteiger partial charge on any atom is 0.335 e. The highest BCUT2D eigenvalue weighted by Crippen LogP contribution is 2.31. The molecule has 0 bridgehead atoms. The molecule has 3 rings (SSSR count). The van der Waals surface area contributed by atoms with Crippen LogP contribution in [0.2, 0.25) is 0 Å². The molecule has 0 atom stereocenters. The summed E-state index contributed by atoms with van der Waals surface area (Å²) in [7, 11) is 0. The number of hydrogen-bond acceptors (Lipinski definition) is 4. The van der Waals surface area contributed by atoms with Crippen molar-refractivity contribution in [1.29, 1.82) is 0 Å². The summed E-state index contributed by atoms with van der Waals surface area (Å²) in [6.45, 7) is 1.87. The molecule has 0 aliphatic carbocycles. The Morgan fingerprint density at radius 2 is 2.19 bits per heavy atom. The lowest BCUT2D eigenvalue weighted by Gasteiger charge is -2.08. The van der Waals surface area contributed by atoms with Crippen molar-refractivity contribution >= 4 is 27.4 Å². The first-order chi connectivity index (χ1) is 10.0. The van der Waals surface area contributed by atoms with Crippen molar-refractivity contribution in [3.63, 3.8) is 0 Å². The van der Waals surface area contributed by atoms with E-state index in [0.717, 1.165) is 5.69 Å². The van der Waals surface area contributed by atoms with E-state index < -0.39 is 5.97 Å². The molecule has 3 aromatic rings. The number of ether oxygens (including phenoxy) is 1. The number of hydrogen-bond donors (Lipinski definition) is 1. The standard InChI is InChI=1S/C14H10BrN3O3/c1-8-6-11-13(16-4-5-18(11)17-8)21-12-7-9(14(19)20)2-3-10(12)15/h2-7H,1H3,(H,19,20). The van der Waals surface area contributed by atoms with Gasteiger partial charge in [-0.3, -0.25) is 0 Å². The first-order valence-electron chi connectivity index (χ1n) is 6.06. The van der Waals surface area contributed by atoms with Crippen molar-refractivity contribution in [3.8, 4) is 11.6 Å². The van der Waals surface area contributed by atoms with E-state index in [2.05, 4.69) is 26.0 Å². The Morgan fingerprint density at radius 1 is 1.38 bits per heavy atom. The van der Waals surface area contributed by atoms with Gasteiger partial charge in [0.05, 0.1) is 15.7 Å². The fraction of sp³-hybridized carbons (Fsp3) is 0.0714. The van der Waals surface area contributed by atoms with Gasteiger partial charge in [0.15, 0.2) is 0 Å². The van der Waals surface area contributed by atoms with Gasteiger partial charge in [-0.05, 0) is 47.1 Å². The fourth-order valence-electron chi connectivity index (χ4n) is 1.92. The number of aryl methyl sites for hydroxylation is 1. The van der Waals surface area contributed by atoms with Gasteiger partial charge in [0.2, 0.25) is 5.88 Å². The van der Waals surface area contributed by atoms with E-state index >= 15 is 0 Å². The van der Waals surface area contributed by atoms with Crippen molar-refractivity contribution in [1.82, 2.24) is 14.6 Å². The lowest BCUT2D eigenvalue weighted by Crippen LogP contribution is -1.98. The SMILES string of the molecule is Cc1cc2c(Oc3cc(C(=O)O)ccc3Br)nccn2n1. The number of rotatable bonds is 3. The molecule has 1 aromatic carbocycles. The Kier molecular flexibility index (Phi) is 3.34. The van der Waals surface area contributed by atoms with Gasteiger partial charge in [-0.1, -0.05) is 0 Å². The Bertz CT molecular complexity index is 845. The van der Waals surface area contributed by atoms with E-state index in [9.17, 15) is 4.79 Å². The number of carboxylic acids is 1. The van der Waals surface area contributed by atoms with Crippen LogP contribution in [-0.4, -0.2) is 25.7 Å². The Labute approximate surface area is 128 Å². The number of halogens is 1. The monoisotopic (exact) mass is 347 g/mol. The quantitative estimate of drug-likeness (QED) is 0.786. The first-order valence-corrected chi connectivity index (χ1v) is 6.85. The van der Waals surface area contributed by atoms with Crippen LogP contribution in [0.4, 0.5) is 0 Å². The van der Waals surface area contributed by atoms with E-state index in [0.29, 0.717) is 21.6 Å². The summed E-state index contributed by atoms with van der Waals surface area (Å²) in [6.07, 6.45) is 3.29. The van der Waals surface area contributed by atoms with Crippen molar-refractivity contribution in [2.45, 2.75) is 6.92 Å². The van der Waals surface area contributed by atoms with Crippen LogP contribution in [0.25, 0.3) is 5.52 Å². The highest BCUT2D eigenvalue weighted by atomic mass is 79.9. The number of benzene rings is 1. The predicted octanol–water partition coefficient (Wildman–Crippen LogP) is 3.29. The molecule has 0 aliphatic heterocycles. The summed E-state index contributed by atoms with van der Waals surface area (Å²) in [4.78, 5) is 15.2. The van der Waals surface area contributed by atoms with E-state index in [-0.39, 0.29) is 5.56 Å². The number of fused-ring (bicyclic) bond motifs is 1. The van der Waals surface area contributed by atoms with E-state index in [1.807, 2.05) is 13.0 Å². The minimum atomic E-state index is -1.02. The number of carbonyl (C=O) groups is 1. The maximum atomic E-state index is 11.0. The molecule has 0 aliphatic rings. The van der Waals surface area contributed by atoms with Gasteiger partial charge < -0.3 is 9.84 Å². The molecule has 0 amide bonds. The lowest BCUT2D eigenvalue weighted by molar-refractivity contribution is 0.0696. The van der Waals surface area contributed by atoms with Crippen LogP contribution in [-0.2, 0) is 0 Å². The summed E-state index contributed by atoms with van der Waals surface area (Å²) in [6, 6.07) is 6.41. The van der Waals surface area contributed by atoms with Crippen LogP contribution in [0.3, 0.4) is 0 Å². The predicted molar refractivity (Wildman–Crippen MR) is 78.9 cm³/mol. The number of carboxylic acid groups (broad SMARTS) is 1. The third-order valence-electron chi connectivity index (χ3n) is 2.86. The molecule has 0 unspecified atom stereocenters. The summed E-state index contributed by atoms with van der Waals surface area (Å²) in [5.74, 6) is -0.269. The number of aromatic nitrogens is 3. The molecule has 0 fully saturated rings. The van der Waals surface area contributed by atoms with Crippen molar-refractivity contribution in [2.75, 3.05) is 0 Å². The molecule has 7 heteroatoms. The lowest BCUT2D eigenvalue weighted by atomic mass is 10.2. The van der Waals surface area contributed by atoms with Crippen molar-refractivity contribution < 1.29 is 14.6 Å². The van der Waals surface area contributed by atoms with E-state index in [1.165, 1.54) is 12.1 Å². The van der Waals surface area contributed by atoms with Gasteiger partial charge in [-0.15, -0.1) is 0 Å². The largest absolute Gasteiger partial charge is 0.478 e. The Balaban J connectivity index is 2.06. The maximum absolute atomic E-state index is 11.0. The van der Waals surface area contributed by atoms with Crippen LogP contribution in [0.15, 0.2) is 41.1 Å². The minimum Gasteiger partial charge on any atom is -0.478 e. The van der Waals surface area contributed by atoms with Crippen LogP contribution < -0.4 is 4.74 Å². The third kappa shape index (κ3) is 2.59. The van der Waals surface area contributed by atoms with E-state index in [4.69, 9.17) is 9.84 Å².